The Balaban J connectivity index is 2.04. The van der Waals surface area contributed by atoms with E-state index in [1.807, 2.05) is 45.2 Å². The van der Waals surface area contributed by atoms with Crippen LogP contribution in [0.5, 0.6) is 0 Å². The molecule has 2 aromatic rings. The van der Waals surface area contributed by atoms with Crippen molar-refractivity contribution in [3.63, 3.8) is 0 Å². The highest BCUT2D eigenvalue weighted by molar-refractivity contribution is 9.09. The summed E-state index contributed by atoms with van der Waals surface area (Å²) in [4.78, 5) is 11.2. The SMILES string of the molecule is Cc1nn(C)c(C)c1N=Nc1ccc(CNC(=O)CBr)cc1. The van der Waals surface area contributed by atoms with E-state index in [9.17, 15) is 4.79 Å². The van der Waals surface area contributed by atoms with E-state index in [0.29, 0.717) is 11.9 Å². The molecule has 0 spiro atoms. The largest absolute Gasteiger partial charge is 0.351 e. The Morgan fingerprint density at radius 2 is 1.95 bits per heavy atom. The second kappa shape index (κ2) is 7.31. The van der Waals surface area contributed by atoms with Crippen molar-refractivity contribution in [2.24, 2.45) is 17.3 Å². The normalized spacial score (nSPS) is 11.1. The van der Waals surface area contributed by atoms with Gasteiger partial charge >= 0.3 is 0 Å². The molecule has 1 amide bonds. The number of hydrogen-bond acceptors (Lipinski definition) is 4. The Labute approximate surface area is 137 Å². The molecule has 0 aliphatic heterocycles. The fourth-order valence-corrected chi connectivity index (χ4v) is 2.14. The number of carbonyl (C=O) groups excluding carboxylic acids is 1. The van der Waals surface area contributed by atoms with Gasteiger partial charge in [0.2, 0.25) is 5.91 Å². The molecule has 6 nitrogen and oxygen atoms in total. The highest BCUT2D eigenvalue weighted by atomic mass is 79.9. The number of amides is 1. The predicted molar refractivity (Wildman–Crippen MR) is 88.9 cm³/mol. The van der Waals surface area contributed by atoms with E-state index < -0.39 is 0 Å². The van der Waals surface area contributed by atoms with Gasteiger partial charge in [-0.25, -0.2) is 0 Å². The van der Waals surface area contributed by atoms with Crippen molar-refractivity contribution >= 4 is 33.2 Å². The number of nitrogens with zero attached hydrogens (tertiary/aromatic N) is 4. The molecule has 116 valence electrons. The third-order valence-corrected chi connectivity index (χ3v) is 3.79. The summed E-state index contributed by atoms with van der Waals surface area (Å²) < 4.78 is 1.79. The summed E-state index contributed by atoms with van der Waals surface area (Å²) in [5.74, 6) is -0.0358. The van der Waals surface area contributed by atoms with E-state index in [2.05, 4.69) is 36.6 Å². The van der Waals surface area contributed by atoms with E-state index in [4.69, 9.17) is 0 Å². The molecule has 0 radical (unpaired) electrons. The number of aryl methyl sites for hydroxylation is 2. The van der Waals surface area contributed by atoms with Gasteiger partial charge in [-0.3, -0.25) is 9.48 Å². The first kappa shape index (κ1) is 16.4. The summed E-state index contributed by atoms with van der Waals surface area (Å²) in [5, 5.41) is 15.9. The maximum atomic E-state index is 11.2. The summed E-state index contributed by atoms with van der Waals surface area (Å²) in [6.07, 6.45) is 0. The molecular weight excluding hydrogens is 346 g/mol. The van der Waals surface area contributed by atoms with Crippen LogP contribution in [0, 0.1) is 13.8 Å². The Morgan fingerprint density at radius 3 is 2.50 bits per heavy atom. The van der Waals surface area contributed by atoms with Gasteiger partial charge in [-0.2, -0.15) is 10.2 Å². The smallest absolute Gasteiger partial charge is 0.230 e. The number of nitrogens with one attached hydrogen (secondary N) is 1. The molecule has 0 bridgehead atoms. The number of rotatable bonds is 5. The number of benzene rings is 1. The molecule has 0 atom stereocenters. The van der Waals surface area contributed by atoms with Crippen LogP contribution in [0.3, 0.4) is 0 Å². The maximum Gasteiger partial charge on any atom is 0.230 e. The van der Waals surface area contributed by atoms with E-state index in [1.54, 1.807) is 4.68 Å². The molecule has 1 heterocycles. The van der Waals surface area contributed by atoms with Gasteiger partial charge in [-0.05, 0) is 31.5 Å². The van der Waals surface area contributed by atoms with Gasteiger partial charge in [0.05, 0.1) is 22.4 Å². The Kier molecular flexibility index (Phi) is 5.43. The van der Waals surface area contributed by atoms with E-state index >= 15 is 0 Å². The van der Waals surface area contributed by atoms with Crippen molar-refractivity contribution in [2.45, 2.75) is 20.4 Å². The number of alkyl halides is 1. The minimum absolute atomic E-state index is 0.0358. The lowest BCUT2D eigenvalue weighted by Crippen LogP contribution is -2.23. The number of carbonyl (C=O) groups is 1. The standard InChI is InChI=1S/C15H18BrN5O/c1-10-15(11(2)21(3)20-10)19-18-13-6-4-12(5-7-13)9-17-14(22)8-16/h4-7H,8-9H2,1-3H3,(H,17,22). The Morgan fingerprint density at radius 1 is 1.27 bits per heavy atom. The minimum atomic E-state index is -0.0358. The predicted octanol–water partition coefficient (Wildman–Crippen LogP) is 3.46. The van der Waals surface area contributed by atoms with Crippen molar-refractivity contribution in [1.29, 1.82) is 0 Å². The Hall–Kier alpha value is -2.02. The van der Waals surface area contributed by atoms with Crippen LogP contribution in [0.4, 0.5) is 11.4 Å². The zero-order valence-electron chi connectivity index (χ0n) is 12.8. The molecule has 0 unspecified atom stereocenters. The van der Waals surface area contributed by atoms with Gasteiger partial charge in [0.1, 0.15) is 5.69 Å². The second-order valence-electron chi connectivity index (χ2n) is 4.92. The fourth-order valence-electron chi connectivity index (χ4n) is 1.94. The Bertz CT molecular complexity index is 691. The number of azo groups is 1. The lowest BCUT2D eigenvalue weighted by Gasteiger charge is -2.03. The molecular formula is C15H18BrN5O. The molecule has 2 rings (SSSR count). The number of halogens is 1. The van der Waals surface area contributed by atoms with Crippen LogP contribution in [0.15, 0.2) is 34.5 Å². The quantitative estimate of drug-likeness (QED) is 0.652. The molecule has 0 aliphatic carbocycles. The second-order valence-corrected chi connectivity index (χ2v) is 5.48. The first-order chi connectivity index (χ1) is 10.5. The average Bonchev–Trinajstić information content (AvgIpc) is 2.76. The summed E-state index contributed by atoms with van der Waals surface area (Å²) in [7, 11) is 1.89. The monoisotopic (exact) mass is 363 g/mol. The van der Waals surface area contributed by atoms with Crippen molar-refractivity contribution in [2.75, 3.05) is 5.33 Å². The molecule has 1 aromatic heterocycles. The average molecular weight is 364 g/mol. The van der Waals surface area contributed by atoms with Crippen LogP contribution >= 0.6 is 15.9 Å². The van der Waals surface area contributed by atoms with Crippen molar-refractivity contribution in [3.8, 4) is 0 Å². The lowest BCUT2D eigenvalue weighted by atomic mass is 10.2. The van der Waals surface area contributed by atoms with Crippen molar-refractivity contribution in [3.05, 3.63) is 41.2 Å². The lowest BCUT2D eigenvalue weighted by molar-refractivity contribution is -0.118. The molecule has 7 heteroatoms. The third-order valence-electron chi connectivity index (χ3n) is 3.28. The zero-order valence-corrected chi connectivity index (χ0v) is 14.4. The molecule has 0 aliphatic rings. The first-order valence-electron chi connectivity index (χ1n) is 6.85. The van der Waals surface area contributed by atoms with Crippen LogP contribution in [0.1, 0.15) is 17.0 Å². The van der Waals surface area contributed by atoms with Crippen LogP contribution in [0.2, 0.25) is 0 Å². The van der Waals surface area contributed by atoms with Crippen LogP contribution in [0.25, 0.3) is 0 Å². The first-order valence-corrected chi connectivity index (χ1v) is 7.97. The summed E-state index contributed by atoms with van der Waals surface area (Å²) in [6, 6.07) is 7.60. The van der Waals surface area contributed by atoms with Crippen LogP contribution in [-0.2, 0) is 18.4 Å². The third kappa shape index (κ3) is 4.00. The summed E-state index contributed by atoms with van der Waals surface area (Å²) in [6.45, 7) is 4.38. The van der Waals surface area contributed by atoms with Gasteiger partial charge in [0, 0.05) is 13.6 Å². The summed E-state index contributed by atoms with van der Waals surface area (Å²) >= 11 is 3.11. The van der Waals surface area contributed by atoms with E-state index in [0.717, 1.165) is 28.3 Å². The van der Waals surface area contributed by atoms with Crippen molar-refractivity contribution in [1.82, 2.24) is 15.1 Å². The highest BCUT2D eigenvalue weighted by Gasteiger charge is 2.08. The topological polar surface area (TPSA) is 71.6 Å². The van der Waals surface area contributed by atoms with E-state index in [1.165, 1.54) is 0 Å². The van der Waals surface area contributed by atoms with Gasteiger partial charge in [-0.15, -0.1) is 5.11 Å². The molecule has 0 saturated heterocycles. The zero-order chi connectivity index (χ0) is 16.1. The molecule has 0 saturated carbocycles. The van der Waals surface area contributed by atoms with Gasteiger partial charge < -0.3 is 5.32 Å². The molecule has 1 N–H and O–H groups in total. The van der Waals surface area contributed by atoms with Gasteiger partial charge in [-0.1, -0.05) is 28.1 Å². The van der Waals surface area contributed by atoms with Gasteiger partial charge in [0.15, 0.2) is 0 Å². The van der Waals surface area contributed by atoms with Crippen LogP contribution < -0.4 is 5.32 Å². The highest BCUT2D eigenvalue weighted by Crippen LogP contribution is 2.25. The summed E-state index contributed by atoms with van der Waals surface area (Å²) in [5.41, 5.74) is 4.42. The number of hydrogen-bond donors (Lipinski definition) is 1. The molecule has 22 heavy (non-hydrogen) atoms. The van der Waals surface area contributed by atoms with E-state index in [-0.39, 0.29) is 5.91 Å². The van der Waals surface area contributed by atoms with Gasteiger partial charge in [0.25, 0.3) is 0 Å². The molecule has 0 fully saturated rings. The maximum absolute atomic E-state index is 11.2. The molecule has 1 aromatic carbocycles. The fraction of sp³-hybridized carbons (Fsp3) is 0.333. The minimum Gasteiger partial charge on any atom is -0.351 e. The van der Waals surface area contributed by atoms with Crippen LogP contribution in [-0.4, -0.2) is 21.0 Å². The van der Waals surface area contributed by atoms with Crippen molar-refractivity contribution < 1.29 is 4.79 Å². The number of aromatic nitrogens is 2.